The fraction of sp³-hybridized carbons (Fsp3) is 0.316. The van der Waals surface area contributed by atoms with Crippen molar-refractivity contribution in [3.63, 3.8) is 0 Å². The molecule has 0 saturated heterocycles. The zero-order valence-corrected chi connectivity index (χ0v) is 30.0. The number of sulfonamides is 1. The second kappa shape index (κ2) is 16.6. The molecule has 8 nitrogen and oxygen atoms in total. The summed E-state index contributed by atoms with van der Waals surface area (Å²) in [5.41, 5.74) is 2.35. The molecule has 0 heterocycles. The third-order valence-electron chi connectivity index (χ3n) is 8.85. The van der Waals surface area contributed by atoms with Gasteiger partial charge in [-0.05, 0) is 61.7 Å². The van der Waals surface area contributed by atoms with E-state index in [1.54, 1.807) is 54.6 Å². The summed E-state index contributed by atoms with van der Waals surface area (Å²) in [6.07, 6.45) is 5.03. The molecule has 1 fully saturated rings. The number of halogens is 2. The highest BCUT2D eigenvalue weighted by Crippen LogP contribution is 2.33. The Morgan fingerprint density at radius 1 is 0.857 bits per heavy atom. The Morgan fingerprint density at radius 3 is 2.14 bits per heavy atom. The molecule has 1 aliphatic rings. The highest BCUT2D eigenvalue weighted by molar-refractivity contribution is 7.92. The molecule has 0 aromatic heterocycles. The summed E-state index contributed by atoms with van der Waals surface area (Å²) >= 11 is 13.3. The topological polar surface area (TPSA) is 96.0 Å². The van der Waals surface area contributed by atoms with Crippen LogP contribution in [0.15, 0.2) is 102 Å². The van der Waals surface area contributed by atoms with Gasteiger partial charge in [-0.25, -0.2) is 8.42 Å². The second-order valence-corrected chi connectivity index (χ2v) is 14.9. The molecule has 0 bridgehead atoms. The number of aryl methyl sites for hydroxylation is 1. The molecule has 1 atom stereocenters. The standard InChI is InChI=1S/C38H41Cl2N3O5S/c1-27-20-22-30(23-21-27)49(46,47)43(34-18-9-10-19-36(34)48-2)26-37(44)42(25-31-32(39)16-11-17-33(31)40)35(24-28-12-5-3-6-13-28)38(45)41-29-14-7-4-8-15-29/h3,5-6,9-13,16-23,29,35H,4,7-8,14-15,24-26H2,1-2H3,(H,41,45)/t35-/m1/s1. The number of rotatable bonds is 13. The van der Waals surface area contributed by atoms with Crippen LogP contribution in [0.25, 0.3) is 0 Å². The van der Waals surface area contributed by atoms with Crippen molar-refractivity contribution in [1.29, 1.82) is 0 Å². The van der Waals surface area contributed by atoms with Crippen LogP contribution in [-0.2, 0) is 32.6 Å². The van der Waals surface area contributed by atoms with Crippen molar-refractivity contribution in [3.8, 4) is 5.75 Å². The van der Waals surface area contributed by atoms with E-state index in [0.29, 0.717) is 15.6 Å². The van der Waals surface area contributed by atoms with Gasteiger partial charge in [0, 0.05) is 34.6 Å². The molecule has 1 saturated carbocycles. The van der Waals surface area contributed by atoms with Gasteiger partial charge in [0.15, 0.2) is 0 Å². The van der Waals surface area contributed by atoms with Gasteiger partial charge in [0.2, 0.25) is 11.8 Å². The van der Waals surface area contributed by atoms with Crippen LogP contribution in [0.2, 0.25) is 10.0 Å². The van der Waals surface area contributed by atoms with E-state index in [9.17, 15) is 18.0 Å². The number of carbonyl (C=O) groups is 2. The fourth-order valence-corrected chi connectivity index (χ4v) is 8.08. The van der Waals surface area contributed by atoms with Gasteiger partial charge in [-0.3, -0.25) is 13.9 Å². The Morgan fingerprint density at radius 2 is 1.49 bits per heavy atom. The first-order valence-corrected chi connectivity index (χ1v) is 18.6. The number of nitrogens with one attached hydrogen (secondary N) is 1. The summed E-state index contributed by atoms with van der Waals surface area (Å²) in [6, 6.07) is 26.5. The highest BCUT2D eigenvalue weighted by atomic mass is 35.5. The number of ether oxygens (including phenoxy) is 1. The average molecular weight is 723 g/mol. The number of nitrogens with zero attached hydrogens (tertiary/aromatic N) is 2. The molecular formula is C38H41Cl2N3O5S. The Labute approximate surface area is 299 Å². The maximum Gasteiger partial charge on any atom is 0.264 e. The number of hydrogen-bond acceptors (Lipinski definition) is 5. The monoisotopic (exact) mass is 721 g/mol. The SMILES string of the molecule is COc1ccccc1N(CC(=O)N(Cc1c(Cl)cccc1Cl)[C@H](Cc1ccccc1)C(=O)NC1CCCCC1)S(=O)(=O)c1ccc(C)cc1. The van der Waals surface area contributed by atoms with Gasteiger partial charge < -0.3 is 15.0 Å². The molecule has 258 valence electrons. The largest absolute Gasteiger partial charge is 0.495 e. The molecule has 1 N–H and O–H groups in total. The Bertz CT molecular complexity index is 1830. The van der Waals surface area contributed by atoms with E-state index in [1.807, 2.05) is 37.3 Å². The van der Waals surface area contributed by atoms with Crippen molar-refractivity contribution in [3.05, 3.63) is 124 Å². The van der Waals surface area contributed by atoms with E-state index in [4.69, 9.17) is 27.9 Å². The predicted molar refractivity (Wildman–Crippen MR) is 195 cm³/mol. The van der Waals surface area contributed by atoms with Crippen LogP contribution >= 0.6 is 23.2 Å². The number of para-hydroxylation sites is 2. The van der Waals surface area contributed by atoms with Gasteiger partial charge in [0.1, 0.15) is 18.3 Å². The van der Waals surface area contributed by atoms with Crippen molar-refractivity contribution >= 4 is 50.7 Å². The van der Waals surface area contributed by atoms with E-state index in [0.717, 1.165) is 47.5 Å². The number of carbonyl (C=O) groups excluding carboxylic acids is 2. The first-order chi connectivity index (χ1) is 23.6. The van der Waals surface area contributed by atoms with Crippen molar-refractivity contribution < 1.29 is 22.7 Å². The third-order valence-corrected chi connectivity index (χ3v) is 11.3. The number of amides is 2. The maximum atomic E-state index is 14.8. The molecule has 5 rings (SSSR count). The van der Waals surface area contributed by atoms with Crippen LogP contribution in [0, 0.1) is 6.92 Å². The van der Waals surface area contributed by atoms with Gasteiger partial charge in [-0.2, -0.15) is 0 Å². The molecular weight excluding hydrogens is 681 g/mol. The molecule has 4 aromatic rings. The normalized spacial score (nSPS) is 14.1. The summed E-state index contributed by atoms with van der Waals surface area (Å²) in [5.74, 6) is -0.669. The van der Waals surface area contributed by atoms with Crippen LogP contribution < -0.4 is 14.4 Å². The van der Waals surface area contributed by atoms with Crippen LogP contribution in [0.3, 0.4) is 0 Å². The number of methoxy groups -OCH3 is 1. The highest BCUT2D eigenvalue weighted by Gasteiger charge is 2.36. The van der Waals surface area contributed by atoms with E-state index < -0.39 is 28.5 Å². The van der Waals surface area contributed by atoms with Crippen molar-refractivity contribution in [1.82, 2.24) is 10.2 Å². The van der Waals surface area contributed by atoms with Gasteiger partial charge in [0.25, 0.3) is 10.0 Å². The number of hydrogen-bond donors (Lipinski definition) is 1. The Balaban J connectivity index is 1.61. The van der Waals surface area contributed by atoms with Crippen LogP contribution in [0.1, 0.15) is 48.8 Å². The summed E-state index contributed by atoms with van der Waals surface area (Å²) in [4.78, 5) is 30.5. The van der Waals surface area contributed by atoms with Crippen LogP contribution in [0.4, 0.5) is 5.69 Å². The van der Waals surface area contributed by atoms with E-state index in [-0.39, 0.29) is 41.2 Å². The van der Waals surface area contributed by atoms with E-state index >= 15 is 0 Å². The van der Waals surface area contributed by atoms with Crippen molar-refractivity contribution in [2.75, 3.05) is 18.0 Å². The van der Waals surface area contributed by atoms with Crippen molar-refractivity contribution in [2.45, 2.75) is 69.0 Å². The maximum absolute atomic E-state index is 14.8. The minimum absolute atomic E-state index is 0.00776. The predicted octanol–water partition coefficient (Wildman–Crippen LogP) is 7.59. The molecule has 49 heavy (non-hydrogen) atoms. The number of benzene rings is 4. The lowest BCUT2D eigenvalue weighted by Gasteiger charge is -2.35. The summed E-state index contributed by atoms with van der Waals surface area (Å²) in [6.45, 7) is 1.11. The quantitative estimate of drug-likeness (QED) is 0.154. The zero-order valence-electron chi connectivity index (χ0n) is 27.6. The summed E-state index contributed by atoms with van der Waals surface area (Å²) in [5, 5.41) is 3.85. The molecule has 0 aliphatic heterocycles. The zero-order chi connectivity index (χ0) is 35.0. The Kier molecular flexibility index (Phi) is 12.3. The molecule has 0 spiro atoms. The van der Waals surface area contributed by atoms with Gasteiger partial charge in [0.05, 0.1) is 17.7 Å². The average Bonchev–Trinajstić information content (AvgIpc) is 3.10. The molecule has 0 radical (unpaired) electrons. The first-order valence-electron chi connectivity index (χ1n) is 16.4. The van der Waals surface area contributed by atoms with Gasteiger partial charge in [-0.15, -0.1) is 0 Å². The van der Waals surface area contributed by atoms with E-state index in [1.165, 1.54) is 24.1 Å². The molecule has 11 heteroatoms. The Hall–Kier alpha value is -4.05. The minimum Gasteiger partial charge on any atom is -0.495 e. The second-order valence-electron chi connectivity index (χ2n) is 12.3. The van der Waals surface area contributed by atoms with Crippen LogP contribution in [0.5, 0.6) is 5.75 Å². The summed E-state index contributed by atoms with van der Waals surface area (Å²) in [7, 11) is -2.86. The smallest absolute Gasteiger partial charge is 0.264 e. The lowest BCUT2D eigenvalue weighted by atomic mass is 9.94. The van der Waals surface area contributed by atoms with Crippen LogP contribution in [-0.4, -0.2) is 50.9 Å². The molecule has 1 aliphatic carbocycles. The van der Waals surface area contributed by atoms with Gasteiger partial charge >= 0.3 is 0 Å². The molecule has 4 aromatic carbocycles. The third kappa shape index (κ3) is 8.95. The minimum atomic E-state index is -4.30. The molecule has 0 unspecified atom stereocenters. The first kappa shape index (κ1) is 36.2. The van der Waals surface area contributed by atoms with E-state index in [2.05, 4.69) is 5.32 Å². The molecule has 2 amide bonds. The van der Waals surface area contributed by atoms with Crippen molar-refractivity contribution in [2.24, 2.45) is 0 Å². The lowest BCUT2D eigenvalue weighted by molar-refractivity contribution is -0.140. The summed E-state index contributed by atoms with van der Waals surface area (Å²) < 4.78 is 35.4. The lowest BCUT2D eigenvalue weighted by Crippen LogP contribution is -2.55. The number of anilines is 1. The fourth-order valence-electron chi connectivity index (χ4n) is 6.14. The van der Waals surface area contributed by atoms with Gasteiger partial charge in [-0.1, -0.05) is 109 Å².